The maximum absolute atomic E-state index is 10.6. The monoisotopic (exact) mass is 217 g/mol. The number of aryl methyl sites for hydroxylation is 1. The summed E-state index contributed by atoms with van der Waals surface area (Å²) in [7, 11) is 0. The van der Waals surface area contributed by atoms with E-state index in [1.54, 1.807) is 0 Å². The molecule has 0 spiro atoms. The molecule has 0 fully saturated rings. The Bertz CT molecular complexity index is 516. The molecule has 0 radical (unpaired) electrons. The molecule has 0 saturated carbocycles. The molecular weight excluding hydrogens is 206 g/mol. The first-order valence-electron chi connectivity index (χ1n) is 4.90. The normalized spacial score (nSPS) is 10.3. The van der Waals surface area contributed by atoms with Crippen LogP contribution in [-0.2, 0) is 6.42 Å². The van der Waals surface area contributed by atoms with Gasteiger partial charge >= 0.3 is 5.97 Å². The number of benzene rings is 1. The van der Waals surface area contributed by atoms with Crippen LogP contribution >= 0.6 is 0 Å². The van der Waals surface area contributed by atoms with Crippen molar-refractivity contribution in [3.05, 3.63) is 52.9 Å². The lowest BCUT2D eigenvalue weighted by Crippen LogP contribution is -1.95. The van der Waals surface area contributed by atoms with Gasteiger partial charge in [0.1, 0.15) is 5.76 Å². The highest BCUT2D eigenvalue weighted by atomic mass is 16.5. The van der Waals surface area contributed by atoms with Crippen molar-refractivity contribution in [2.24, 2.45) is 0 Å². The van der Waals surface area contributed by atoms with Crippen molar-refractivity contribution in [1.29, 1.82) is 0 Å². The summed E-state index contributed by atoms with van der Waals surface area (Å²) in [4.78, 5) is 10.6. The zero-order valence-corrected chi connectivity index (χ0v) is 8.80. The number of hydrogen-bond acceptors (Lipinski definition) is 3. The van der Waals surface area contributed by atoms with Crippen molar-refractivity contribution in [2.45, 2.75) is 13.3 Å². The number of carboxylic acids is 1. The molecule has 2 rings (SSSR count). The van der Waals surface area contributed by atoms with Gasteiger partial charge in [-0.3, -0.25) is 0 Å². The number of carbonyl (C=O) groups is 1. The molecule has 0 saturated heterocycles. The predicted octanol–water partition coefficient (Wildman–Crippen LogP) is 2.27. The summed E-state index contributed by atoms with van der Waals surface area (Å²) in [5, 5.41) is 12.2. The van der Waals surface area contributed by atoms with E-state index < -0.39 is 5.97 Å². The first-order chi connectivity index (χ1) is 7.66. The molecule has 0 bridgehead atoms. The number of nitrogens with zero attached hydrogens (tertiary/aromatic N) is 1. The molecule has 16 heavy (non-hydrogen) atoms. The minimum Gasteiger partial charge on any atom is -0.476 e. The van der Waals surface area contributed by atoms with Crippen LogP contribution in [0.3, 0.4) is 0 Å². The van der Waals surface area contributed by atoms with E-state index in [-0.39, 0.29) is 5.69 Å². The third kappa shape index (κ3) is 2.11. The van der Waals surface area contributed by atoms with Gasteiger partial charge in [0.15, 0.2) is 5.69 Å². The van der Waals surface area contributed by atoms with E-state index in [2.05, 4.69) is 5.16 Å². The summed E-state index contributed by atoms with van der Waals surface area (Å²) in [5.74, 6) is -0.508. The Labute approximate surface area is 92.5 Å². The van der Waals surface area contributed by atoms with Crippen LogP contribution in [0.15, 0.2) is 34.9 Å². The number of carboxylic acid groups (broad SMARTS) is 1. The first kappa shape index (κ1) is 10.4. The quantitative estimate of drug-likeness (QED) is 0.856. The molecule has 0 aliphatic heterocycles. The average Bonchev–Trinajstić information content (AvgIpc) is 2.70. The Morgan fingerprint density at radius 3 is 2.81 bits per heavy atom. The molecule has 2 aromatic rings. The van der Waals surface area contributed by atoms with E-state index in [1.165, 1.54) is 6.07 Å². The molecule has 0 aliphatic rings. The highest BCUT2D eigenvalue weighted by Gasteiger charge is 2.11. The zero-order valence-electron chi connectivity index (χ0n) is 8.80. The molecule has 0 unspecified atom stereocenters. The molecule has 4 nitrogen and oxygen atoms in total. The Balaban J connectivity index is 2.21. The smallest absolute Gasteiger partial charge is 0.358 e. The largest absolute Gasteiger partial charge is 0.476 e. The van der Waals surface area contributed by atoms with Crippen LogP contribution in [0.4, 0.5) is 0 Å². The first-order valence-corrected chi connectivity index (χ1v) is 4.90. The van der Waals surface area contributed by atoms with Crippen molar-refractivity contribution < 1.29 is 14.4 Å². The average molecular weight is 217 g/mol. The van der Waals surface area contributed by atoms with Gasteiger partial charge in [-0.1, -0.05) is 29.4 Å². The zero-order chi connectivity index (χ0) is 11.5. The van der Waals surface area contributed by atoms with Crippen molar-refractivity contribution >= 4 is 5.97 Å². The summed E-state index contributed by atoms with van der Waals surface area (Å²) in [6.07, 6.45) is 0.562. The van der Waals surface area contributed by atoms with Gasteiger partial charge in [0, 0.05) is 12.5 Å². The van der Waals surface area contributed by atoms with Gasteiger partial charge in [0.2, 0.25) is 0 Å². The van der Waals surface area contributed by atoms with Gasteiger partial charge in [-0.15, -0.1) is 0 Å². The molecule has 1 N–H and O–H groups in total. The topological polar surface area (TPSA) is 63.3 Å². The summed E-state index contributed by atoms with van der Waals surface area (Å²) >= 11 is 0. The van der Waals surface area contributed by atoms with Gasteiger partial charge in [-0.2, -0.15) is 0 Å². The second-order valence-electron chi connectivity index (χ2n) is 3.59. The fraction of sp³-hybridized carbons (Fsp3) is 0.167. The van der Waals surface area contributed by atoms with Crippen molar-refractivity contribution in [1.82, 2.24) is 5.16 Å². The van der Waals surface area contributed by atoms with Crippen molar-refractivity contribution in [3.8, 4) is 0 Å². The fourth-order valence-electron chi connectivity index (χ4n) is 1.49. The van der Waals surface area contributed by atoms with Gasteiger partial charge in [-0.25, -0.2) is 4.79 Å². The molecule has 1 aromatic carbocycles. The van der Waals surface area contributed by atoms with Crippen LogP contribution in [0.5, 0.6) is 0 Å². The van der Waals surface area contributed by atoms with Gasteiger partial charge < -0.3 is 9.63 Å². The second kappa shape index (κ2) is 4.18. The number of hydrogen-bond donors (Lipinski definition) is 1. The minimum atomic E-state index is -1.07. The SMILES string of the molecule is Cc1ccccc1Cc1cc(C(=O)O)no1. The number of rotatable bonds is 3. The van der Waals surface area contributed by atoms with Gasteiger partial charge in [0.05, 0.1) is 0 Å². The molecule has 1 aromatic heterocycles. The second-order valence-corrected chi connectivity index (χ2v) is 3.59. The highest BCUT2D eigenvalue weighted by Crippen LogP contribution is 2.14. The summed E-state index contributed by atoms with van der Waals surface area (Å²) < 4.78 is 4.95. The van der Waals surface area contributed by atoms with E-state index in [0.29, 0.717) is 12.2 Å². The Kier molecular flexibility index (Phi) is 2.72. The fourth-order valence-corrected chi connectivity index (χ4v) is 1.49. The van der Waals surface area contributed by atoms with Gasteiger partial charge in [0.25, 0.3) is 0 Å². The van der Waals surface area contributed by atoms with Crippen LogP contribution in [0.25, 0.3) is 0 Å². The van der Waals surface area contributed by atoms with Crippen LogP contribution in [0.1, 0.15) is 27.4 Å². The molecule has 0 amide bonds. The van der Waals surface area contributed by atoms with Crippen LogP contribution < -0.4 is 0 Å². The Morgan fingerprint density at radius 2 is 2.19 bits per heavy atom. The lowest BCUT2D eigenvalue weighted by Gasteiger charge is -2.01. The summed E-state index contributed by atoms with van der Waals surface area (Å²) in [6, 6.07) is 9.34. The minimum absolute atomic E-state index is 0.0522. The molecular formula is C12H11NO3. The molecule has 0 aliphatic carbocycles. The van der Waals surface area contributed by atoms with E-state index in [4.69, 9.17) is 9.63 Å². The third-order valence-corrected chi connectivity index (χ3v) is 2.40. The third-order valence-electron chi connectivity index (χ3n) is 2.40. The van der Waals surface area contributed by atoms with Crippen molar-refractivity contribution in [2.75, 3.05) is 0 Å². The number of aromatic carboxylic acids is 1. The van der Waals surface area contributed by atoms with E-state index in [0.717, 1.165) is 11.1 Å². The predicted molar refractivity (Wildman–Crippen MR) is 57.4 cm³/mol. The van der Waals surface area contributed by atoms with Crippen LogP contribution in [0, 0.1) is 6.92 Å². The van der Waals surface area contributed by atoms with Crippen LogP contribution in [-0.4, -0.2) is 16.2 Å². The van der Waals surface area contributed by atoms with Crippen LogP contribution in [0.2, 0.25) is 0 Å². The Morgan fingerprint density at radius 1 is 1.44 bits per heavy atom. The molecule has 4 heteroatoms. The summed E-state index contributed by atoms with van der Waals surface area (Å²) in [5.41, 5.74) is 2.20. The van der Waals surface area contributed by atoms with Gasteiger partial charge in [-0.05, 0) is 18.1 Å². The summed E-state index contributed by atoms with van der Waals surface area (Å²) in [6.45, 7) is 2.00. The van der Waals surface area contributed by atoms with E-state index in [9.17, 15) is 4.79 Å². The maximum atomic E-state index is 10.6. The molecule has 0 atom stereocenters. The lowest BCUT2D eigenvalue weighted by atomic mass is 10.0. The van der Waals surface area contributed by atoms with E-state index >= 15 is 0 Å². The Hall–Kier alpha value is -2.10. The maximum Gasteiger partial charge on any atom is 0.358 e. The van der Waals surface area contributed by atoms with Crippen molar-refractivity contribution in [3.63, 3.8) is 0 Å². The highest BCUT2D eigenvalue weighted by molar-refractivity contribution is 5.85. The lowest BCUT2D eigenvalue weighted by molar-refractivity contribution is 0.0685. The standard InChI is InChI=1S/C12H11NO3/c1-8-4-2-3-5-9(8)6-10-7-11(12(14)15)13-16-10/h2-5,7H,6H2,1H3,(H,14,15). The molecule has 82 valence electrons. The number of aromatic nitrogens is 1. The molecule has 1 heterocycles. The van der Waals surface area contributed by atoms with E-state index in [1.807, 2.05) is 31.2 Å².